The number of aromatic amines is 2. The first-order valence-electron chi connectivity index (χ1n) is 7.43. The third kappa shape index (κ3) is 2.99. The second-order valence-electron chi connectivity index (χ2n) is 5.75. The van der Waals surface area contributed by atoms with Crippen LogP contribution in [0.15, 0.2) is 21.9 Å². The maximum atomic E-state index is 11.9. The maximum absolute atomic E-state index is 11.9. The van der Waals surface area contributed by atoms with Crippen LogP contribution in [-0.4, -0.2) is 33.3 Å². The Hall–Kier alpha value is -2.95. The highest BCUT2D eigenvalue weighted by molar-refractivity contribution is 5.66. The zero-order chi connectivity index (χ0) is 16.4. The fourth-order valence-corrected chi connectivity index (χ4v) is 2.84. The smallest absolute Gasteiger partial charge is 0.325 e. The first kappa shape index (κ1) is 15.0. The molecule has 0 bridgehead atoms. The molecule has 1 atom stereocenters. The molecule has 2 aromatic rings. The maximum Gasteiger partial charge on any atom is 0.325 e. The zero-order valence-corrected chi connectivity index (χ0v) is 12.7. The van der Waals surface area contributed by atoms with Gasteiger partial charge in [-0.2, -0.15) is 5.26 Å². The fraction of sp³-hybridized carbons (Fsp3) is 0.400. The van der Waals surface area contributed by atoms with E-state index in [4.69, 9.17) is 0 Å². The van der Waals surface area contributed by atoms with Crippen molar-refractivity contribution in [3.05, 3.63) is 38.8 Å². The van der Waals surface area contributed by atoms with Gasteiger partial charge in [-0.3, -0.25) is 9.78 Å². The predicted octanol–water partition coefficient (Wildman–Crippen LogP) is 0.628. The molecule has 1 aliphatic heterocycles. The Bertz CT molecular complexity index is 879. The van der Waals surface area contributed by atoms with E-state index in [1.807, 2.05) is 0 Å². The third-order valence-electron chi connectivity index (χ3n) is 3.97. The van der Waals surface area contributed by atoms with Gasteiger partial charge >= 0.3 is 5.69 Å². The number of rotatable bonds is 2. The van der Waals surface area contributed by atoms with Crippen LogP contribution < -0.4 is 16.1 Å². The summed E-state index contributed by atoms with van der Waals surface area (Å²) < 4.78 is 0. The summed E-state index contributed by atoms with van der Waals surface area (Å²) in [6.45, 7) is 3.84. The first-order chi connectivity index (χ1) is 11.1. The number of H-pyrrole nitrogens is 2. The van der Waals surface area contributed by atoms with Crippen LogP contribution in [-0.2, 0) is 0 Å². The molecule has 23 heavy (non-hydrogen) atoms. The summed E-state index contributed by atoms with van der Waals surface area (Å²) in [6, 6.07) is 3.74. The van der Waals surface area contributed by atoms with Crippen LogP contribution in [0, 0.1) is 17.2 Å². The van der Waals surface area contributed by atoms with Crippen molar-refractivity contribution in [1.29, 1.82) is 5.26 Å². The quantitative estimate of drug-likeness (QED) is 0.839. The highest BCUT2D eigenvalue weighted by Crippen LogP contribution is 2.27. The largest absolute Gasteiger partial charge is 0.369 e. The molecule has 1 fully saturated rings. The van der Waals surface area contributed by atoms with E-state index in [-0.39, 0.29) is 11.3 Å². The van der Waals surface area contributed by atoms with Crippen molar-refractivity contribution in [2.24, 2.45) is 5.92 Å². The number of hydrogen-bond acceptors (Lipinski definition) is 6. The van der Waals surface area contributed by atoms with Gasteiger partial charge in [-0.15, -0.1) is 10.2 Å². The van der Waals surface area contributed by atoms with Crippen molar-refractivity contribution in [3.8, 4) is 17.3 Å². The normalized spacial score (nSPS) is 17.7. The topological polar surface area (TPSA) is 119 Å². The van der Waals surface area contributed by atoms with Gasteiger partial charge in [-0.1, -0.05) is 6.92 Å². The van der Waals surface area contributed by atoms with Crippen LogP contribution in [0.1, 0.15) is 25.5 Å². The SMILES string of the molecule is C[C@@H]1CCCN(c2cc(-c3c[nH]c(=O)[nH]c3=O)nnc2C#N)C1. The van der Waals surface area contributed by atoms with E-state index in [9.17, 15) is 14.9 Å². The number of piperidine rings is 1. The van der Waals surface area contributed by atoms with E-state index in [1.165, 1.54) is 6.20 Å². The van der Waals surface area contributed by atoms with E-state index < -0.39 is 11.2 Å². The molecule has 2 aromatic heterocycles. The molecule has 0 unspecified atom stereocenters. The van der Waals surface area contributed by atoms with Crippen molar-refractivity contribution in [2.45, 2.75) is 19.8 Å². The van der Waals surface area contributed by atoms with Crippen LogP contribution in [0.4, 0.5) is 5.69 Å². The number of aromatic nitrogens is 4. The molecule has 0 amide bonds. The summed E-state index contributed by atoms with van der Waals surface area (Å²) in [4.78, 5) is 29.7. The first-order valence-corrected chi connectivity index (χ1v) is 7.43. The minimum absolute atomic E-state index is 0.216. The molecular formula is C15H16N6O2. The molecule has 0 radical (unpaired) electrons. The van der Waals surface area contributed by atoms with Gasteiger partial charge in [0.2, 0.25) is 0 Å². The molecule has 0 saturated carbocycles. The Kier molecular flexibility index (Phi) is 3.93. The molecular weight excluding hydrogens is 296 g/mol. The summed E-state index contributed by atoms with van der Waals surface area (Å²) >= 11 is 0. The van der Waals surface area contributed by atoms with Gasteiger partial charge in [0.05, 0.1) is 11.3 Å². The Labute approximate surface area is 131 Å². The van der Waals surface area contributed by atoms with Gasteiger partial charge in [-0.05, 0) is 24.8 Å². The zero-order valence-electron chi connectivity index (χ0n) is 12.7. The number of anilines is 1. The molecule has 3 heterocycles. The van der Waals surface area contributed by atoms with Gasteiger partial charge in [0.25, 0.3) is 5.56 Å². The Morgan fingerprint density at radius 2 is 2.22 bits per heavy atom. The second kappa shape index (κ2) is 6.04. The highest BCUT2D eigenvalue weighted by Gasteiger charge is 2.21. The van der Waals surface area contributed by atoms with Crippen LogP contribution in [0.5, 0.6) is 0 Å². The van der Waals surface area contributed by atoms with E-state index >= 15 is 0 Å². The Morgan fingerprint density at radius 3 is 2.91 bits per heavy atom. The fourth-order valence-electron chi connectivity index (χ4n) is 2.84. The minimum Gasteiger partial charge on any atom is -0.369 e. The van der Waals surface area contributed by atoms with E-state index in [1.54, 1.807) is 6.07 Å². The number of nitrogens with one attached hydrogen (secondary N) is 2. The van der Waals surface area contributed by atoms with Crippen molar-refractivity contribution in [1.82, 2.24) is 20.2 Å². The molecule has 0 spiro atoms. The predicted molar refractivity (Wildman–Crippen MR) is 84.0 cm³/mol. The van der Waals surface area contributed by atoms with E-state index in [0.29, 0.717) is 17.3 Å². The van der Waals surface area contributed by atoms with Crippen molar-refractivity contribution < 1.29 is 0 Å². The van der Waals surface area contributed by atoms with Crippen molar-refractivity contribution in [2.75, 3.05) is 18.0 Å². The summed E-state index contributed by atoms with van der Waals surface area (Å²) in [5.41, 5.74) is 0.345. The molecule has 8 heteroatoms. The standard InChI is InChI=1S/C15H16N6O2/c1-9-3-2-4-21(8-9)13-5-11(19-20-12(13)6-16)10-7-17-15(23)18-14(10)22/h5,7,9H,2-4,8H2,1H3,(H2,17,18,22,23)/t9-/m1/s1. The van der Waals surface area contributed by atoms with Crippen LogP contribution in [0.3, 0.4) is 0 Å². The van der Waals surface area contributed by atoms with E-state index in [0.717, 1.165) is 25.9 Å². The lowest BCUT2D eigenvalue weighted by Crippen LogP contribution is -2.35. The summed E-state index contributed by atoms with van der Waals surface area (Å²) in [5.74, 6) is 0.531. The highest BCUT2D eigenvalue weighted by atomic mass is 16.2. The van der Waals surface area contributed by atoms with Crippen molar-refractivity contribution >= 4 is 5.69 Å². The van der Waals surface area contributed by atoms with Crippen LogP contribution in [0.2, 0.25) is 0 Å². The Morgan fingerprint density at radius 1 is 1.39 bits per heavy atom. The van der Waals surface area contributed by atoms with Gasteiger partial charge < -0.3 is 9.88 Å². The third-order valence-corrected chi connectivity index (χ3v) is 3.97. The number of nitrogens with zero attached hydrogens (tertiary/aromatic N) is 4. The van der Waals surface area contributed by atoms with E-state index in [2.05, 4.69) is 38.1 Å². The lowest BCUT2D eigenvalue weighted by Gasteiger charge is -2.32. The molecule has 118 valence electrons. The summed E-state index contributed by atoms with van der Waals surface area (Å²) in [7, 11) is 0. The summed E-state index contributed by atoms with van der Waals surface area (Å²) in [6.07, 6.45) is 3.51. The summed E-state index contributed by atoms with van der Waals surface area (Å²) in [5, 5.41) is 17.2. The molecule has 3 rings (SSSR count). The molecule has 0 aromatic carbocycles. The monoisotopic (exact) mass is 312 g/mol. The second-order valence-corrected chi connectivity index (χ2v) is 5.75. The minimum atomic E-state index is -0.578. The van der Waals surface area contributed by atoms with Crippen molar-refractivity contribution in [3.63, 3.8) is 0 Å². The van der Waals surface area contributed by atoms with Crippen LogP contribution >= 0.6 is 0 Å². The molecule has 8 nitrogen and oxygen atoms in total. The molecule has 0 aliphatic carbocycles. The molecule has 1 saturated heterocycles. The Balaban J connectivity index is 2.07. The number of hydrogen-bond donors (Lipinski definition) is 2. The molecule has 2 N–H and O–H groups in total. The van der Waals surface area contributed by atoms with Gasteiger partial charge in [0, 0.05) is 19.3 Å². The lowest BCUT2D eigenvalue weighted by molar-refractivity contribution is 0.446. The van der Waals surface area contributed by atoms with Gasteiger partial charge in [-0.25, -0.2) is 4.79 Å². The number of nitriles is 1. The van der Waals surface area contributed by atoms with Gasteiger partial charge in [0.1, 0.15) is 11.8 Å². The van der Waals surface area contributed by atoms with Gasteiger partial charge in [0.15, 0.2) is 5.69 Å². The van der Waals surface area contributed by atoms with Crippen LogP contribution in [0.25, 0.3) is 11.3 Å². The lowest BCUT2D eigenvalue weighted by atomic mass is 9.99. The molecule has 1 aliphatic rings. The average molecular weight is 312 g/mol. The average Bonchev–Trinajstić information content (AvgIpc) is 2.54.